The molecule has 0 unspecified atom stereocenters. The first-order valence-corrected chi connectivity index (χ1v) is 8.86. The molecule has 8 heteroatoms. The summed E-state index contributed by atoms with van der Waals surface area (Å²) in [5.41, 5.74) is 0.496. The Hall–Kier alpha value is -1.57. The zero-order chi connectivity index (χ0) is 19.4. The van der Waals surface area contributed by atoms with Crippen LogP contribution in [0.15, 0.2) is 24.3 Å². The van der Waals surface area contributed by atoms with Crippen LogP contribution in [0.2, 0.25) is 0 Å². The van der Waals surface area contributed by atoms with E-state index < -0.39 is 5.97 Å². The van der Waals surface area contributed by atoms with E-state index in [1.54, 1.807) is 24.3 Å². The molecule has 0 aliphatic carbocycles. The van der Waals surface area contributed by atoms with Gasteiger partial charge in [0.15, 0.2) is 0 Å². The summed E-state index contributed by atoms with van der Waals surface area (Å²) in [6.07, 6.45) is 1.34. The molecule has 2 amide bonds. The van der Waals surface area contributed by atoms with E-state index in [9.17, 15) is 19.5 Å². The minimum Gasteiger partial charge on any atom is -0.550 e. The van der Waals surface area contributed by atoms with Crippen molar-refractivity contribution in [3.05, 3.63) is 29.8 Å². The van der Waals surface area contributed by atoms with Crippen molar-refractivity contribution in [1.82, 2.24) is 10.6 Å². The Labute approximate surface area is 182 Å². The second-order valence-electron chi connectivity index (χ2n) is 6.39. The summed E-state index contributed by atoms with van der Waals surface area (Å²) < 4.78 is 5.60. The minimum atomic E-state index is -1.14. The van der Waals surface area contributed by atoms with Gasteiger partial charge < -0.3 is 25.3 Å². The molecule has 0 saturated heterocycles. The molecule has 1 aromatic rings. The average Bonchev–Trinajstić information content (AvgIpc) is 2.59. The maximum atomic E-state index is 12.0. The standard InChI is InChI=1S/C19H28N2O5.Na/c1-14(2)10-13-26-16-7-5-15(6-8-16)19(25)21-12-9-17(22)20-11-3-4-18(23)24;/h5-8,14H,3-4,9-13H2,1-2H3,(H,20,22)(H,21,25)(H,23,24);/q;+1/p-1. The van der Waals surface area contributed by atoms with Crippen LogP contribution in [-0.4, -0.2) is 37.5 Å². The number of carbonyl (C=O) groups excluding carboxylic acids is 3. The van der Waals surface area contributed by atoms with Gasteiger partial charge in [-0.1, -0.05) is 13.8 Å². The smallest absolute Gasteiger partial charge is 0.550 e. The fourth-order valence-electron chi connectivity index (χ4n) is 2.06. The summed E-state index contributed by atoms with van der Waals surface area (Å²) >= 11 is 0. The molecule has 0 aliphatic rings. The second kappa shape index (κ2) is 14.5. The van der Waals surface area contributed by atoms with Crippen molar-refractivity contribution in [1.29, 1.82) is 0 Å². The Kier molecular flexibility index (Phi) is 13.6. The second-order valence-corrected chi connectivity index (χ2v) is 6.39. The number of carbonyl (C=O) groups is 3. The third-order valence-electron chi connectivity index (χ3n) is 3.60. The first kappa shape index (κ1) is 25.4. The van der Waals surface area contributed by atoms with Gasteiger partial charge in [-0.15, -0.1) is 0 Å². The molecule has 144 valence electrons. The molecule has 0 heterocycles. The number of hydrogen-bond donors (Lipinski definition) is 2. The van der Waals surface area contributed by atoms with Gasteiger partial charge in [-0.25, -0.2) is 0 Å². The summed E-state index contributed by atoms with van der Waals surface area (Å²) in [4.78, 5) is 33.8. The fraction of sp³-hybridized carbons (Fsp3) is 0.526. The number of aliphatic carboxylic acids is 1. The van der Waals surface area contributed by atoms with E-state index in [0.717, 1.165) is 12.2 Å². The Morgan fingerprint density at radius 2 is 1.70 bits per heavy atom. The van der Waals surface area contributed by atoms with Crippen LogP contribution in [0.25, 0.3) is 0 Å². The van der Waals surface area contributed by atoms with Gasteiger partial charge in [0.2, 0.25) is 5.91 Å². The number of amides is 2. The van der Waals surface area contributed by atoms with Crippen molar-refractivity contribution in [2.45, 2.75) is 39.5 Å². The predicted molar refractivity (Wildman–Crippen MR) is 95.6 cm³/mol. The SMILES string of the molecule is CC(C)CCOc1ccc(C(=O)NCCC(=O)NCCCC(=O)[O-])cc1.[Na+]. The van der Waals surface area contributed by atoms with Crippen LogP contribution in [0.3, 0.4) is 0 Å². The Morgan fingerprint density at radius 3 is 2.30 bits per heavy atom. The maximum Gasteiger partial charge on any atom is 1.00 e. The number of carboxylic acids is 1. The van der Waals surface area contributed by atoms with Crippen LogP contribution >= 0.6 is 0 Å². The summed E-state index contributed by atoms with van der Waals surface area (Å²) in [5, 5.41) is 15.5. The molecule has 27 heavy (non-hydrogen) atoms. The molecule has 0 bridgehead atoms. The largest absolute Gasteiger partial charge is 1.00 e. The van der Waals surface area contributed by atoms with Crippen LogP contribution in [0.5, 0.6) is 5.75 Å². The molecular weight excluding hydrogens is 359 g/mol. The van der Waals surface area contributed by atoms with E-state index in [2.05, 4.69) is 24.5 Å². The molecule has 1 rings (SSSR count). The molecule has 7 nitrogen and oxygen atoms in total. The third-order valence-corrected chi connectivity index (χ3v) is 3.60. The summed E-state index contributed by atoms with van der Waals surface area (Å²) in [6, 6.07) is 6.86. The van der Waals surface area contributed by atoms with E-state index in [1.165, 1.54) is 0 Å². The third kappa shape index (κ3) is 12.4. The van der Waals surface area contributed by atoms with Crippen molar-refractivity contribution in [2.75, 3.05) is 19.7 Å². The number of benzene rings is 1. The molecule has 0 spiro atoms. The van der Waals surface area contributed by atoms with E-state index in [4.69, 9.17) is 4.74 Å². The number of carboxylic acid groups (broad SMARTS) is 1. The summed E-state index contributed by atoms with van der Waals surface area (Å²) in [7, 11) is 0. The van der Waals surface area contributed by atoms with Gasteiger partial charge >= 0.3 is 29.6 Å². The molecule has 1 aromatic carbocycles. The number of hydrogen-bond acceptors (Lipinski definition) is 5. The average molecular weight is 386 g/mol. The first-order chi connectivity index (χ1) is 12.4. The van der Waals surface area contributed by atoms with Gasteiger partial charge in [0.25, 0.3) is 5.91 Å². The van der Waals surface area contributed by atoms with Crippen LogP contribution < -0.4 is 50.0 Å². The van der Waals surface area contributed by atoms with Crippen LogP contribution in [0.1, 0.15) is 49.9 Å². The zero-order valence-corrected chi connectivity index (χ0v) is 18.4. The van der Waals surface area contributed by atoms with Crippen molar-refractivity contribution in [2.24, 2.45) is 5.92 Å². The number of nitrogens with one attached hydrogen (secondary N) is 2. The quantitative estimate of drug-likeness (QED) is 0.316. The molecule has 0 aromatic heterocycles. The normalized spacial score (nSPS) is 10.0. The van der Waals surface area contributed by atoms with Gasteiger partial charge in [-0.05, 0) is 49.4 Å². The minimum absolute atomic E-state index is 0. The molecule has 0 fully saturated rings. The maximum absolute atomic E-state index is 12.0. The van der Waals surface area contributed by atoms with Gasteiger partial charge in [0.05, 0.1) is 6.61 Å². The Balaban J connectivity index is 0.00000676. The first-order valence-electron chi connectivity index (χ1n) is 8.86. The van der Waals surface area contributed by atoms with Crippen molar-refractivity contribution in [3.63, 3.8) is 0 Å². The molecule has 0 aliphatic heterocycles. The van der Waals surface area contributed by atoms with Gasteiger partial charge in [-0.3, -0.25) is 9.59 Å². The summed E-state index contributed by atoms with van der Waals surface area (Å²) in [6.45, 7) is 5.38. The van der Waals surface area contributed by atoms with Gasteiger partial charge in [0.1, 0.15) is 5.75 Å². The van der Waals surface area contributed by atoms with Crippen molar-refractivity contribution < 1.29 is 53.8 Å². The monoisotopic (exact) mass is 386 g/mol. The Bertz CT molecular complexity index is 590. The van der Waals surface area contributed by atoms with Gasteiger partial charge in [0, 0.05) is 31.0 Å². The summed E-state index contributed by atoms with van der Waals surface area (Å²) in [5.74, 6) is -0.339. The van der Waals surface area contributed by atoms with E-state index in [0.29, 0.717) is 24.5 Å². The molecule has 2 N–H and O–H groups in total. The van der Waals surface area contributed by atoms with Crippen LogP contribution in [0, 0.1) is 5.92 Å². The topological polar surface area (TPSA) is 108 Å². The predicted octanol–water partition coefficient (Wildman–Crippen LogP) is -2.12. The van der Waals surface area contributed by atoms with Crippen LogP contribution in [-0.2, 0) is 9.59 Å². The van der Waals surface area contributed by atoms with E-state index >= 15 is 0 Å². The molecule has 0 saturated carbocycles. The Morgan fingerprint density at radius 1 is 1.04 bits per heavy atom. The van der Waals surface area contributed by atoms with Crippen molar-refractivity contribution in [3.8, 4) is 5.75 Å². The van der Waals surface area contributed by atoms with Crippen molar-refractivity contribution >= 4 is 17.8 Å². The van der Waals surface area contributed by atoms with Crippen LogP contribution in [0.4, 0.5) is 0 Å². The molecule has 0 atom stereocenters. The van der Waals surface area contributed by atoms with E-state index in [-0.39, 0.29) is 67.3 Å². The van der Waals surface area contributed by atoms with Gasteiger partial charge in [-0.2, -0.15) is 0 Å². The number of ether oxygens (including phenoxy) is 1. The fourth-order valence-corrected chi connectivity index (χ4v) is 2.06. The zero-order valence-electron chi connectivity index (χ0n) is 16.4. The number of rotatable bonds is 12. The van der Waals surface area contributed by atoms with E-state index in [1.807, 2.05) is 0 Å². The molecule has 0 radical (unpaired) electrons. The molecular formula is C19H27N2NaO5.